The highest BCUT2D eigenvalue weighted by molar-refractivity contribution is 6.36. The number of halogens is 1. The molecule has 0 spiro atoms. The highest BCUT2D eigenvalue weighted by Crippen LogP contribution is 2.30. The lowest BCUT2D eigenvalue weighted by molar-refractivity contribution is 0.131. The Morgan fingerprint density at radius 2 is 1.82 bits per heavy atom. The van der Waals surface area contributed by atoms with Crippen LogP contribution in [0.15, 0.2) is 60.8 Å². The molecule has 1 saturated heterocycles. The number of hydrogen-bond acceptors (Lipinski definition) is 4. The Bertz CT molecular complexity index is 1310. The molecule has 1 aliphatic heterocycles. The average molecular weight is 470 g/mol. The lowest BCUT2D eigenvalue weighted by atomic mass is 9.96. The first-order valence-electron chi connectivity index (χ1n) is 12.3. The third kappa shape index (κ3) is 4.10. The van der Waals surface area contributed by atoms with Crippen molar-refractivity contribution in [2.45, 2.75) is 31.7 Å². The monoisotopic (exact) mass is 469 g/mol. The van der Waals surface area contributed by atoms with Crippen molar-refractivity contribution in [2.24, 2.45) is 5.92 Å². The summed E-state index contributed by atoms with van der Waals surface area (Å²) in [4.78, 5) is 7.60. The van der Waals surface area contributed by atoms with E-state index in [-0.39, 0.29) is 0 Å². The van der Waals surface area contributed by atoms with E-state index in [0.717, 1.165) is 41.3 Å². The van der Waals surface area contributed by atoms with Gasteiger partial charge in [0, 0.05) is 42.0 Å². The molecule has 2 aliphatic rings. The van der Waals surface area contributed by atoms with Crippen molar-refractivity contribution in [1.82, 2.24) is 19.5 Å². The largest absolute Gasteiger partial charge is 0.370 e. The molecule has 7 heteroatoms. The van der Waals surface area contributed by atoms with E-state index >= 15 is 0 Å². The number of hydrogen-bond donors (Lipinski definition) is 1. The van der Waals surface area contributed by atoms with Crippen molar-refractivity contribution < 1.29 is 0 Å². The minimum atomic E-state index is 0.612. The Morgan fingerprint density at radius 3 is 2.62 bits per heavy atom. The van der Waals surface area contributed by atoms with Gasteiger partial charge in [-0.2, -0.15) is 9.61 Å². The molecular weight excluding hydrogens is 441 g/mol. The first kappa shape index (κ1) is 21.7. The number of likely N-dealkylation sites (tertiary alicyclic amines) is 1. The normalized spacial score (nSPS) is 18.9. The molecule has 1 unspecified atom stereocenters. The van der Waals surface area contributed by atoms with Gasteiger partial charge in [-0.25, -0.2) is 4.98 Å². The Hall–Kier alpha value is -2.83. The predicted octanol–water partition coefficient (Wildman–Crippen LogP) is 3.60. The molecule has 0 radical (unpaired) electrons. The molecule has 34 heavy (non-hydrogen) atoms. The van der Waals surface area contributed by atoms with Crippen LogP contribution in [0.4, 0.5) is 5.82 Å². The molecular formula is C27H29BClN5. The second-order valence-electron chi connectivity index (χ2n) is 9.78. The summed E-state index contributed by atoms with van der Waals surface area (Å²) in [6.45, 7) is 3.29. The maximum Gasteiger partial charge on any atom is 0.151 e. The topological polar surface area (TPSA) is 45.5 Å². The lowest BCUT2D eigenvalue weighted by Crippen LogP contribution is -2.44. The minimum Gasteiger partial charge on any atom is -0.370 e. The number of fused-ring (bicyclic) bond motifs is 2. The van der Waals surface area contributed by atoms with Crippen LogP contribution in [-0.4, -0.2) is 53.0 Å². The van der Waals surface area contributed by atoms with Gasteiger partial charge >= 0.3 is 0 Å². The Labute approximate surface area is 206 Å². The lowest BCUT2D eigenvalue weighted by Gasteiger charge is -2.37. The fraction of sp³-hybridized carbons (Fsp3) is 0.333. The molecule has 1 N–H and O–H groups in total. The summed E-state index contributed by atoms with van der Waals surface area (Å²) in [5, 5.41) is 9.02. The van der Waals surface area contributed by atoms with Crippen LogP contribution in [0.3, 0.4) is 0 Å². The van der Waals surface area contributed by atoms with Crippen LogP contribution in [0.25, 0.3) is 16.9 Å². The van der Waals surface area contributed by atoms with E-state index in [1.165, 1.54) is 43.4 Å². The number of nitrogens with zero attached hydrogens (tertiary/aromatic N) is 4. The smallest absolute Gasteiger partial charge is 0.151 e. The van der Waals surface area contributed by atoms with E-state index in [0.29, 0.717) is 17.0 Å². The van der Waals surface area contributed by atoms with E-state index < -0.39 is 0 Å². The molecule has 1 atom stereocenters. The number of aromatic nitrogens is 3. The number of rotatable bonds is 5. The first-order valence-corrected chi connectivity index (χ1v) is 12.7. The summed E-state index contributed by atoms with van der Waals surface area (Å²) >= 11 is 6.50. The van der Waals surface area contributed by atoms with E-state index in [9.17, 15) is 0 Å². The van der Waals surface area contributed by atoms with E-state index in [2.05, 4.69) is 45.6 Å². The van der Waals surface area contributed by atoms with Gasteiger partial charge < -0.3 is 5.32 Å². The molecule has 2 aromatic carbocycles. The van der Waals surface area contributed by atoms with E-state index in [1.807, 2.05) is 42.8 Å². The molecule has 172 valence electrons. The highest BCUT2D eigenvalue weighted by Gasteiger charge is 2.30. The van der Waals surface area contributed by atoms with Crippen LogP contribution < -0.4 is 10.8 Å². The van der Waals surface area contributed by atoms with E-state index in [1.54, 1.807) is 0 Å². The molecule has 0 saturated carbocycles. The molecule has 0 bridgehead atoms. The van der Waals surface area contributed by atoms with Gasteiger partial charge in [0.1, 0.15) is 13.7 Å². The van der Waals surface area contributed by atoms with Gasteiger partial charge in [-0.15, -0.1) is 0 Å². The summed E-state index contributed by atoms with van der Waals surface area (Å²) in [5.74, 6) is 1.58. The van der Waals surface area contributed by atoms with Gasteiger partial charge in [-0.3, -0.25) is 4.90 Å². The number of nitrogens with one attached hydrogen (secondary N) is 1. The zero-order valence-corrected chi connectivity index (χ0v) is 20.3. The van der Waals surface area contributed by atoms with Crippen LogP contribution in [0.2, 0.25) is 5.02 Å². The van der Waals surface area contributed by atoms with Crippen LogP contribution in [0.1, 0.15) is 24.0 Å². The van der Waals surface area contributed by atoms with Crippen LogP contribution in [0, 0.1) is 5.92 Å². The second kappa shape index (κ2) is 9.08. The number of anilines is 1. The standard InChI is InChI=1S/C27H29BClN5/c28-23-16-31-34-26(14-25(32-27(23)34)22-9-3-4-10-24(22)29)30-15-18-6-5-11-33(17-18)21-12-19-7-1-2-8-20(19)13-21/h1-4,7-10,14,16,18,21,30H,5-6,11-13,15,17,28H2. The molecule has 4 aromatic rings. The Morgan fingerprint density at radius 1 is 1.06 bits per heavy atom. The van der Waals surface area contributed by atoms with Gasteiger partial charge in [0.25, 0.3) is 0 Å². The van der Waals surface area contributed by atoms with Gasteiger partial charge in [-0.05, 0) is 60.8 Å². The molecule has 0 amide bonds. The summed E-state index contributed by atoms with van der Waals surface area (Å²) < 4.78 is 1.92. The summed E-state index contributed by atoms with van der Waals surface area (Å²) in [5.41, 5.74) is 6.81. The Balaban J connectivity index is 1.20. The zero-order valence-electron chi connectivity index (χ0n) is 19.5. The maximum absolute atomic E-state index is 6.50. The van der Waals surface area contributed by atoms with Crippen molar-refractivity contribution in [3.63, 3.8) is 0 Å². The molecule has 6 rings (SSSR count). The van der Waals surface area contributed by atoms with Crippen LogP contribution in [0.5, 0.6) is 0 Å². The van der Waals surface area contributed by atoms with Crippen LogP contribution >= 0.6 is 11.6 Å². The quantitative estimate of drug-likeness (QED) is 0.454. The number of benzene rings is 2. The molecule has 3 heterocycles. The summed E-state index contributed by atoms with van der Waals surface area (Å²) in [6, 6.07) is 19.6. The van der Waals surface area contributed by atoms with Crippen molar-refractivity contribution in [1.29, 1.82) is 0 Å². The van der Waals surface area contributed by atoms with E-state index in [4.69, 9.17) is 16.6 Å². The van der Waals surface area contributed by atoms with Crippen molar-refractivity contribution in [2.75, 3.05) is 25.0 Å². The molecule has 5 nitrogen and oxygen atoms in total. The zero-order chi connectivity index (χ0) is 23.1. The van der Waals surface area contributed by atoms with Crippen molar-refractivity contribution >= 4 is 36.4 Å². The van der Waals surface area contributed by atoms with Gasteiger partial charge in [0.05, 0.1) is 5.69 Å². The molecule has 2 aromatic heterocycles. The SMILES string of the molecule is Bc1cnn2c(NCC3CCCN(C4Cc5ccccc5C4)C3)cc(-c3ccccc3Cl)nc12. The third-order valence-corrected chi connectivity index (χ3v) is 7.80. The predicted molar refractivity (Wildman–Crippen MR) is 142 cm³/mol. The Kier molecular flexibility index (Phi) is 5.80. The third-order valence-electron chi connectivity index (χ3n) is 7.47. The first-order chi connectivity index (χ1) is 16.7. The molecule has 1 aliphatic carbocycles. The second-order valence-corrected chi connectivity index (χ2v) is 10.2. The average Bonchev–Trinajstić information content (AvgIpc) is 3.47. The van der Waals surface area contributed by atoms with Gasteiger partial charge in [0.15, 0.2) is 5.65 Å². The van der Waals surface area contributed by atoms with Crippen molar-refractivity contribution in [3.05, 3.63) is 76.9 Å². The maximum atomic E-state index is 6.50. The number of piperidine rings is 1. The summed E-state index contributed by atoms with van der Waals surface area (Å²) in [7, 11) is 2.05. The highest BCUT2D eigenvalue weighted by atomic mass is 35.5. The minimum absolute atomic E-state index is 0.612. The van der Waals surface area contributed by atoms with Crippen molar-refractivity contribution in [3.8, 4) is 11.3 Å². The van der Waals surface area contributed by atoms with Gasteiger partial charge in [0.2, 0.25) is 0 Å². The summed E-state index contributed by atoms with van der Waals surface area (Å²) in [6.07, 6.45) is 6.78. The fourth-order valence-electron chi connectivity index (χ4n) is 5.64. The van der Waals surface area contributed by atoms with Crippen LogP contribution in [-0.2, 0) is 12.8 Å². The molecule has 1 fully saturated rings. The van der Waals surface area contributed by atoms with Gasteiger partial charge in [-0.1, -0.05) is 54.1 Å². The fourth-order valence-corrected chi connectivity index (χ4v) is 5.88.